The van der Waals surface area contributed by atoms with E-state index >= 15 is 0 Å². The van der Waals surface area contributed by atoms with E-state index in [0.717, 1.165) is 28.2 Å². The molecular weight excluding hydrogens is 278 g/mol. The number of phenolic OH excluding ortho intramolecular Hbond substituents is 1. The van der Waals surface area contributed by atoms with Crippen molar-refractivity contribution in [1.82, 2.24) is 4.98 Å². The van der Waals surface area contributed by atoms with Crippen molar-refractivity contribution in [3.8, 4) is 27.6 Å². The van der Waals surface area contributed by atoms with Crippen LogP contribution >= 0.6 is 11.3 Å². The molecule has 21 heavy (non-hydrogen) atoms. The van der Waals surface area contributed by atoms with Gasteiger partial charge in [-0.2, -0.15) is 0 Å². The third kappa shape index (κ3) is 2.83. The highest BCUT2D eigenvalue weighted by molar-refractivity contribution is 7.15. The molecule has 2 aromatic carbocycles. The van der Waals surface area contributed by atoms with Crippen LogP contribution < -0.4 is 0 Å². The summed E-state index contributed by atoms with van der Waals surface area (Å²) in [5, 5.41) is 10.5. The highest BCUT2D eigenvalue weighted by Gasteiger charge is 2.11. The van der Waals surface area contributed by atoms with Crippen LogP contribution in [0.15, 0.2) is 48.5 Å². The van der Waals surface area contributed by atoms with E-state index in [0.29, 0.717) is 0 Å². The number of aromatic hydroxyl groups is 1. The smallest absolute Gasteiger partial charge is 0.124 e. The standard InChI is InChI=1S/C18H17NOS/c1-3-13-7-9-14(10-8-13)17-12(2)21-18(19-17)15-5-4-6-16(20)11-15/h4-11,20H,3H2,1-2H3. The molecule has 3 rings (SSSR count). The highest BCUT2D eigenvalue weighted by atomic mass is 32.1. The molecule has 0 saturated carbocycles. The third-order valence-corrected chi connectivity index (χ3v) is 4.55. The van der Waals surface area contributed by atoms with Gasteiger partial charge >= 0.3 is 0 Å². The molecule has 0 aliphatic heterocycles. The normalized spacial score (nSPS) is 10.8. The van der Waals surface area contributed by atoms with Gasteiger partial charge < -0.3 is 5.11 Å². The van der Waals surface area contributed by atoms with Gasteiger partial charge in [0.25, 0.3) is 0 Å². The Labute approximate surface area is 128 Å². The molecule has 0 saturated heterocycles. The molecule has 0 atom stereocenters. The van der Waals surface area contributed by atoms with Gasteiger partial charge in [-0.05, 0) is 31.0 Å². The van der Waals surface area contributed by atoms with Crippen LogP contribution in [0.3, 0.4) is 0 Å². The molecular formula is C18H17NOS. The van der Waals surface area contributed by atoms with Crippen molar-refractivity contribution in [2.75, 3.05) is 0 Å². The molecule has 1 N–H and O–H groups in total. The Kier molecular flexibility index (Phi) is 3.76. The largest absolute Gasteiger partial charge is 0.508 e. The molecule has 0 amide bonds. The molecule has 3 heteroatoms. The molecule has 1 aromatic heterocycles. The Morgan fingerprint density at radius 3 is 2.48 bits per heavy atom. The summed E-state index contributed by atoms with van der Waals surface area (Å²) in [4.78, 5) is 5.95. The van der Waals surface area contributed by atoms with Gasteiger partial charge in [-0.3, -0.25) is 0 Å². The minimum absolute atomic E-state index is 0.272. The first-order valence-corrected chi connectivity index (χ1v) is 7.85. The fraction of sp³-hybridized carbons (Fsp3) is 0.167. The number of aryl methyl sites for hydroxylation is 2. The molecule has 106 valence electrons. The van der Waals surface area contributed by atoms with Gasteiger partial charge in [0, 0.05) is 16.0 Å². The maximum atomic E-state index is 9.60. The number of nitrogens with zero attached hydrogens (tertiary/aromatic N) is 1. The molecule has 2 nitrogen and oxygen atoms in total. The average Bonchev–Trinajstić information content (AvgIpc) is 2.89. The Balaban J connectivity index is 2.01. The van der Waals surface area contributed by atoms with Crippen molar-refractivity contribution in [3.05, 3.63) is 59.0 Å². The molecule has 0 radical (unpaired) electrons. The average molecular weight is 295 g/mol. The molecule has 0 fully saturated rings. The number of phenols is 1. The van der Waals surface area contributed by atoms with Gasteiger partial charge in [-0.25, -0.2) is 4.98 Å². The van der Waals surface area contributed by atoms with E-state index in [1.807, 2.05) is 12.1 Å². The molecule has 0 bridgehead atoms. The lowest BCUT2D eigenvalue weighted by molar-refractivity contribution is 0.475. The fourth-order valence-electron chi connectivity index (χ4n) is 2.32. The first-order valence-electron chi connectivity index (χ1n) is 7.03. The van der Waals surface area contributed by atoms with Crippen molar-refractivity contribution in [2.24, 2.45) is 0 Å². The first kappa shape index (κ1) is 13.8. The maximum absolute atomic E-state index is 9.60. The number of benzene rings is 2. The van der Waals surface area contributed by atoms with Gasteiger partial charge in [0.2, 0.25) is 0 Å². The van der Waals surface area contributed by atoms with Crippen molar-refractivity contribution >= 4 is 11.3 Å². The van der Waals surface area contributed by atoms with E-state index in [1.165, 1.54) is 10.4 Å². The Hall–Kier alpha value is -2.13. The van der Waals surface area contributed by atoms with Crippen LogP contribution in [-0.2, 0) is 6.42 Å². The predicted octanol–water partition coefficient (Wildman–Crippen LogP) is 5.05. The van der Waals surface area contributed by atoms with Crippen molar-refractivity contribution in [2.45, 2.75) is 20.3 Å². The first-order chi connectivity index (χ1) is 10.2. The summed E-state index contributed by atoms with van der Waals surface area (Å²) >= 11 is 1.66. The number of hydrogen-bond donors (Lipinski definition) is 1. The summed E-state index contributed by atoms with van der Waals surface area (Å²) in [5.74, 6) is 0.272. The summed E-state index contributed by atoms with van der Waals surface area (Å²) in [5.41, 5.74) is 4.47. The molecule has 1 heterocycles. The van der Waals surface area contributed by atoms with Crippen LogP contribution in [0.25, 0.3) is 21.8 Å². The molecule has 3 aromatic rings. The van der Waals surface area contributed by atoms with Crippen molar-refractivity contribution in [1.29, 1.82) is 0 Å². The van der Waals surface area contributed by atoms with Crippen molar-refractivity contribution in [3.63, 3.8) is 0 Å². The number of thiazole rings is 1. The van der Waals surface area contributed by atoms with Crippen LogP contribution in [0.2, 0.25) is 0 Å². The quantitative estimate of drug-likeness (QED) is 0.733. The van der Waals surface area contributed by atoms with E-state index in [-0.39, 0.29) is 5.75 Å². The maximum Gasteiger partial charge on any atom is 0.124 e. The van der Waals surface area contributed by atoms with E-state index in [1.54, 1.807) is 23.5 Å². The van der Waals surface area contributed by atoms with Crippen LogP contribution in [0, 0.1) is 6.92 Å². The van der Waals surface area contributed by atoms with Crippen LogP contribution in [0.5, 0.6) is 5.75 Å². The topological polar surface area (TPSA) is 33.1 Å². The van der Waals surface area contributed by atoms with Gasteiger partial charge in [0.1, 0.15) is 10.8 Å². The van der Waals surface area contributed by atoms with E-state index in [9.17, 15) is 5.11 Å². The number of rotatable bonds is 3. The molecule has 0 spiro atoms. The second-order valence-corrected chi connectivity index (χ2v) is 6.23. The molecule has 0 unspecified atom stereocenters. The van der Waals surface area contributed by atoms with Gasteiger partial charge in [-0.1, -0.05) is 43.3 Å². The molecule has 0 aliphatic rings. The Morgan fingerprint density at radius 2 is 1.81 bits per heavy atom. The summed E-state index contributed by atoms with van der Waals surface area (Å²) in [7, 11) is 0. The van der Waals surface area contributed by atoms with Gasteiger partial charge in [0.05, 0.1) is 5.69 Å². The summed E-state index contributed by atoms with van der Waals surface area (Å²) in [6, 6.07) is 15.8. The summed E-state index contributed by atoms with van der Waals surface area (Å²) < 4.78 is 0. The number of hydrogen-bond acceptors (Lipinski definition) is 3. The lowest BCUT2D eigenvalue weighted by atomic mass is 10.1. The summed E-state index contributed by atoms with van der Waals surface area (Å²) in [6.07, 6.45) is 1.05. The Morgan fingerprint density at radius 1 is 1.05 bits per heavy atom. The second-order valence-electron chi connectivity index (χ2n) is 5.02. The minimum atomic E-state index is 0.272. The zero-order valence-electron chi connectivity index (χ0n) is 12.1. The van der Waals surface area contributed by atoms with Crippen LogP contribution in [-0.4, -0.2) is 10.1 Å². The lowest BCUT2D eigenvalue weighted by Crippen LogP contribution is -1.84. The molecule has 0 aliphatic carbocycles. The monoisotopic (exact) mass is 295 g/mol. The SMILES string of the molecule is CCc1ccc(-c2nc(-c3cccc(O)c3)sc2C)cc1. The van der Waals surface area contributed by atoms with E-state index in [4.69, 9.17) is 4.98 Å². The summed E-state index contributed by atoms with van der Waals surface area (Å²) in [6.45, 7) is 4.25. The van der Waals surface area contributed by atoms with Gasteiger partial charge in [0.15, 0.2) is 0 Å². The number of aromatic nitrogens is 1. The van der Waals surface area contributed by atoms with E-state index < -0.39 is 0 Å². The predicted molar refractivity (Wildman–Crippen MR) is 88.8 cm³/mol. The fourth-order valence-corrected chi connectivity index (χ4v) is 3.26. The van der Waals surface area contributed by atoms with Gasteiger partial charge in [-0.15, -0.1) is 11.3 Å². The van der Waals surface area contributed by atoms with Crippen molar-refractivity contribution < 1.29 is 5.11 Å². The lowest BCUT2D eigenvalue weighted by Gasteiger charge is -2.01. The third-order valence-electron chi connectivity index (χ3n) is 3.53. The van der Waals surface area contributed by atoms with Crippen LogP contribution in [0.1, 0.15) is 17.4 Å². The zero-order valence-corrected chi connectivity index (χ0v) is 12.9. The second kappa shape index (κ2) is 5.70. The highest BCUT2D eigenvalue weighted by Crippen LogP contribution is 2.34. The Bertz CT molecular complexity index is 759. The zero-order chi connectivity index (χ0) is 14.8. The van der Waals surface area contributed by atoms with E-state index in [2.05, 4.69) is 38.1 Å². The van der Waals surface area contributed by atoms with Crippen LogP contribution in [0.4, 0.5) is 0 Å². The minimum Gasteiger partial charge on any atom is -0.508 e.